The third-order valence-corrected chi connectivity index (χ3v) is 4.73. The fourth-order valence-electron chi connectivity index (χ4n) is 2.34. The van der Waals surface area contributed by atoms with Crippen molar-refractivity contribution in [3.63, 3.8) is 0 Å². The van der Waals surface area contributed by atoms with Gasteiger partial charge in [0.05, 0.1) is 5.56 Å². The summed E-state index contributed by atoms with van der Waals surface area (Å²) in [6.07, 6.45) is 2.42. The maximum atomic E-state index is 12.5. The number of nitrogens with two attached hydrogens (primary N) is 1. The predicted octanol–water partition coefficient (Wildman–Crippen LogP) is 3.50. The van der Waals surface area contributed by atoms with Gasteiger partial charge in [-0.1, -0.05) is 35.9 Å². The second kappa shape index (κ2) is 8.66. The molecule has 0 fully saturated rings. The Kier molecular flexibility index (Phi) is 6.05. The highest BCUT2D eigenvalue weighted by Crippen LogP contribution is 2.24. The number of primary amides is 1. The lowest BCUT2D eigenvalue weighted by Crippen LogP contribution is -2.21. The number of amides is 2. The van der Waals surface area contributed by atoms with Crippen LogP contribution in [0.3, 0.4) is 0 Å². The van der Waals surface area contributed by atoms with E-state index in [1.807, 2.05) is 24.3 Å². The standard InChI is InChI=1S/C19H16ClN3O3S/c20-13-7-5-12(6-8-13)9-14-10-22-19(27-14)23-18(25)15-3-1-2-4-16(15)26-11-17(21)24/h1-8,10H,9,11H2,(H2,21,24)(H,22,23,25). The second-order valence-corrected chi connectivity index (χ2v) is 7.19. The summed E-state index contributed by atoms with van der Waals surface area (Å²) >= 11 is 7.28. The zero-order chi connectivity index (χ0) is 19.2. The maximum absolute atomic E-state index is 12.5. The summed E-state index contributed by atoms with van der Waals surface area (Å²) in [5.41, 5.74) is 6.49. The maximum Gasteiger partial charge on any atom is 0.261 e. The Morgan fingerprint density at radius 2 is 1.89 bits per heavy atom. The third-order valence-electron chi connectivity index (χ3n) is 3.57. The number of anilines is 1. The van der Waals surface area contributed by atoms with Gasteiger partial charge in [-0.3, -0.25) is 14.9 Å². The van der Waals surface area contributed by atoms with Crippen molar-refractivity contribution in [2.45, 2.75) is 6.42 Å². The number of ether oxygens (including phenoxy) is 1. The van der Waals surface area contributed by atoms with Crippen LogP contribution in [0.5, 0.6) is 5.75 Å². The van der Waals surface area contributed by atoms with E-state index in [1.54, 1.807) is 30.5 Å². The summed E-state index contributed by atoms with van der Waals surface area (Å²) < 4.78 is 5.29. The predicted molar refractivity (Wildman–Crippen MR) is 105 cm³/mol. The van der Waals surface area contributed by atoms with Crippen LogP contribution in [0.15, 0.2) is 54.7 Å². The van der Waals surface area contributed by atoms with Crippen LogP contribution in [0.4, 0.5) is 5.13 Å². The molecule has 27 heavy (non-hydrogen) atoms. The summed E-state index contributed by atoms with van der Waals surface area (Å²) in [6.45, 7) is -0.299. The van der Waals surface area contributed by atoms with E-state index in [2.05, 4.69) is 10.3 Å². The molecule has 0 spiro atoms. The molecular weight excluding hydrogens is 386 g/mol. The molecule has 0 unspecified atom stereocenters. The van der Waals surface area contributed by atoms with E-state index in [4.69, 9.17) is 22.1 Å². The van der Waals surface area contributed by atoms with E-state index < -0.39 is 5.91 Å². The Morgan fingerprint density at radius 3 is 2.63 bits per heavy atom. The van der Waals surface area contributed by atoms with Crippen LogP contribution in [0, 0.1) is 0 Å². The largest absolute Gasteiger partial charge is 0.483 e. The molecule has 0 aliphatic carbocycles. The fraction of sp³-hybridized carbons (Fsp3) is 0.105. The molecule has 3 aromatic rings. The van der Waals surface area contributed by atoms with Crippen molar-refractivity contribution < 1.29 is 14.3 Å². The van der Waals surface area contributed by atoms with Gasteiger partial charge in [0.15, 0.2) is 11.7 Å². The normalized spacial score (nSPS) is 10.4. The van der Waals surface area contributed by atoms with E-state index in [-0.39, 0.29) is 18.3 Å². The third kappa shape index (κ3) is 5.29. The molecular formula is C19H16ClN3O3S. The Hall–Kier alpha value is -2.90. The molecule has 2 aromatic carbocycles. The number of halogens is 1. The lowest BCUT2D eigenvalue weighted by atomic mass is 10.1. The highest BCUT2D eigenvalue weighted by molar-refractivity contribution is 7.15. The van der Waals surface area contributed by atoms with Crippen LogP contribution < -0.4 is 15.8 Å². The first-order valence-corrected chi connectivity index (χ1v) is 9.21. The van der Waals surface area contributed by atoms with Gasteiger partial charge in [0.25, 0.3) is 11.8 Å². The number of nitrogens with zero attached hydrogens (tertiary/aromatic N) is 1. The number of para-hydroxylation sites is 1. The van der Waals surface area contributed by atoms with Crippen LogP contribution in [0.25, 0.3) is 0 Å². The molecule has 0 aliphatic heterocycles. The average Bonchev–Trinajstić information content (AvgIpc) is 3.09. The number of rotatable bonds is 7. The highest BCUT2D eigenvalue weighted by atomic mass is 35.5. The van der Waals surface area contributed by atoms with Crippen molar-refractivity contribution in [1.82, 2.24) is 4.98 Å². The number of hydrogen-bond donors (Lipinski definition) is 2. The Morgan fingerprint density at radius 1 is 1.15 bits per heavy atom. The van der Waals surface area contributed by atoms with E-state index >= 15 is 0 Å². The number of carbonyl (C=O) groups excluding carboxylic acids is 2. The molecule has 6 nitrogen and oxygen atoms in total. The first-order valence-electron chi connectivity index (χ1n) is 8.02. The van der Waals surface area contributed by atoms with Gasteiger partial charge >= 0.3 is 0 Å². The first kappa shape index (κ1) is 18.9. The molecule has 8 heteroatoms. The monoisotopic (exact) mass is 401 g/mol. The summed E-state index contributed by atoms with van der Waals surface area (Å²) in [7, 11) is 0. The minimum Gasteiger partial charge on any atom is -0.483 e. The molecule has 0 bridgehead atoms. The van der Waals surface area contributed by atoms with Gasteiger partial charge in [-0.05, 0) is 29.8 Å². The second-order valence-electron chi connectivity index (χ2n) is 5.64. The average molecular weight is 402 g/mol. The summed E-state index contributed by atoms with van der Waals surface area (Å²) in [5, 5.41) is 3.92. The topological polar surface area (TPSA) is 94.3 Å². The van der Waals surface area contributed by atoms with Crippen molar-refractivity contribution in [1.29, 1.82) is 0 Å². The van der Waals surface area contributed by atoms with Crippen LogP contribution >= 0.6 is 22.9 Å². The first-order chi connectivity index (χ1) is 13.0. The van der Waals surface area contributed by atoms with Crippen LogP contribution in [0.2, 0.25) is 5.02 Å². The minimum atomic E-state index is -0.614. The molecule has 1 aromatic heterocycles. The molecule has 0 saturated heterocycles. The van der Waals surface area contributed by atoms with Gasteiger partial charge < -0.3 is 10.5 Å². The van der Waals surface area contributed by atoms with Crippen LogP contribution in [-0.4, -0.2) is 23.4 Å². The Labute approximate surface area is 164 Å². The van der Waals surface area contributed by atoms with Crippen molar-refractivity contribution >= 4 is 39.9 Å². The Balaban J connectivity index is 1.67. The van der Waals surface area contributed by atoms with Crippen molar-refractivity contribution in [3.05, 3.63) is 75.8 Å². The van der Waals surface area contributed by atoms with Gasteiger partial charge in [0.2, 0.25) is 0 Å². The lowest BCUT2D eigenvalue weighted by Gasteiger charge is -2.09. The summed E-state index contributed by atoms with van der Waals surface area (Å²) in [5.74, 6) is -0.703. The van der Waals surface area contributed by atoms with E-state index in [0.717, 1.165) is 10.4 Å². The zero-order valence-corrected chi connectivity index (χ0v) is 15.7. The molecule has 3 N–H and O–H groups in total. The summed E-state index contributed by atoms with van der Waals surface area (Å²) in [4.78, 5) is 28.7. The molecule has 138 valence electrons. The minimum absolute atomic E-state index is 0.284. The van der Waals surface area contributed by atoms with E-state index in [0.29, 0.717) is 22.1 Å². The van der Waals surface area contributed by atoms with Gasteiger partial charge in [0, 0.05) is 22.5 Å². The van der Waals surface area contributed by atoms with Gasteiger partial charge in [-0.25, -0.2) is 4.98 Å². The molecule has 1 heterocycles. The SMILES string of the molecule is NC(=O)COc1ccccc1C(=O)Nc1ncc(Cc2ccc(Cl)cc2)s1. The summed E-state index contributed by atoms with van der Waals surface area (Å²) in [6, 6.07) is 14.2. The van der Waals surface area contributed by atoms with Crippen molar-refractivity contribution in [2.75, 3.05) is 11.9 Å². The van der Waals surface area contributed by atoms with Gasteiger partial charge in [-0.15, -0.1) is 11.3 Å². The van der Waals surface area contributed by atoms with Gasteiger partial charge in [-0.2, -0.15) is 0 Å². The quantitative estimate of drug-likeness (QED) is 0.633. The molecule has 0 radical (unpaired) electrons. The Bertz CT molecular complexity index is 957. The number of nitrogens with one attached hydrogen (secondary N) is 1. The number of benzene rings is 2. The fourth-order valence-corrected chi connectivity index (χ4v) is 3.31. The van der Waals surface area contributed by atoms with E-state index in [9.17, 15) is 9.59 Å². The molecule has 0 aliphatic rings. The molecule has 0 atom stereocenters. The number of thiazole rings is 1. The van der Waals surface area contributed by atoms with Crippen LogP contribution in [-0.2, 0) is 11.2 Å². The van der Waals surface area contributed by atoms with Gasteiger partial charge in [0.1, 0.15) is 5.75 Å². The van der Waals surface area contributed by atoms with Crippen molar-refractivity contribution in [3.8, 4) is 5.75 Å². The number of aromatic nitrogens is 1. The number of hydrogen-bond acceptors (Lipinski definition) is 5. The van der Waals surface area contributed by atoms with E-state index in [1.165, 1.54) is 11.3 Å². The van der Waals surface area contributed by atoms with Crippen molar-refractivity contribution in [2.24, 2.45) is 5.73 Å². The molecule has 0 saturated carbocycles. The lowest BCUT2D eigenvalue weighted by molar-refractivity contribution is -0.119. The highest BCUT2D eigenvalue weighted by Gasteiger charge is 2.15. The van der Waals surface area contributed by atoms with Crippen LogP contribution in [0.1, 0.15) is 20.8 Å². The molecule has 3 rings (SSSR count). The zero-order valence-electron chi connectivity index (χ0n) is 14.1. The molecule has 2 amide bonds. The number of carbonyl (C=O) groups is 2. The smallest absolute Gasteiger partial charge is 0.261 e.